The topological polar surface area (TPSA) is 93.7 Å². The van der Waals surface area contributed by atoms with Crippen molar-refractivity contribution in [3.8, 4) is 0 Å². The van der Waals surface area contributed by atoms with Crippen molar-refractivity contribution in [1.29, 1.82) is 0 Å². The molecule has 128 valence electrons. The summed E-state index contributed by atoms with van der Waals surface area (Å²) in [7, 11) is 2.46. The van der Waals surface area contributed by atoms with Crippen LogP contribution in [0, 0.1) is 0 Å². The second-order valence-electron chi connectivity index (χ2n) is 5.38. The molecule has 0 spiro atoms. The standard InChI is InChI=1S/C17H20N2O5/c1-23-15(21)18-13-10-6-7-11-17(13,19-16(22)24-2)14(20)12-8-4-3-5-9-12/h3-9,13H,10-11H2,1-2H3,(H,18,21)(H,19,22). The second-order valence-corrected chi connectivity index (χ2v) is 5.38. The maximum Gasteiger partial charge on any atom is 0.407 e. The van der Waals surface area contributed by atoms with Crippen LogP contribution in [0.3, 0.4) is 0 Å². The van der Waals surface area contributed by atoms with Crippen molar-refractivity contribution in [3.63, 3.8) is 0 Å². The molecule has 2 amide bonds. The van der Waals surface area contributed by atoms with Gasteiger partial charge in [-0.2, -0.15) is 0 Å². The van der Waals surface area contributed by atoms with E-state index in [1.807, 2.05) is 6.08 Å². The molecular formula is C17H20N2O5. The number of nitrogens with one attached hydrogen (secondary N) is 2. The highest BCUT2D eigenvalue weighted by molar-refractivity contribution is 6.06. The number of benzene rings is 1. The lowest BCUT2D eigenvalue weighted by Crippen LogP contribution is -2.67. The number of amides is 2. The van der Waals surface area contributed by atoms with Gasteiger partial charge in [0.15, 0.2) is 5.78 Å². The van der Waals surface area contributed by atoms with Crippen molar-refractivity contribution >= 4 is 18.0 Å². The second kappa shape index (κ2) is 7.63. The van der Waals surface area contributed by atoms with Gasteiger partial charge in [0, 0.05) is 5.56 Å². The molecule has 0 heterocycles. The van der Waals surface area contributed by atoms with Crippen LogP contribution in [-0.4, -0.2) is 43.8 Å². The van der Waals surface area contributed by atoms with Crippen molar-refractivity contribution in [2.24, 2.45) is 0 Å². The average Bonchev–Trinajstić information content (AvgIpc) is 2.63. The molecule has 0 aliphatic heterocycles. The summed E-state index contributed by atoms with van der Waals surface area (Å²) >= 11 is 0. The first-order chi connectivity index (χ1) is 11.5. The molecule has 0 aromatic heterocycles. The van der Waals surface area contributed by atoms with Crippen LogP contribution in [0.5, 0.6) is 0 Å². The molecule has 24 heavy (non-hydrogen) atoms. The van der Waals surface area contributed by atoms with Crippen molar-refractivity contribution in [1.82, 2.24) is 10.6 Å². The summed E-state index contributed by atoms with van der Waals surface area (Å²) in [6.45, 7) is 0. The third-order valence-corrected chi connectivity index (χ3v) is 4.00. The lowest BCUT2D eigenvalue weighted by molar-refractivity contribution is 0.0760. The Morgan fingerprint density at radius 2 is 1.71 bits per heavy atom. The van der Waals surface area contributed by atoms with Gasteiger partial charge in [-0.25, -0.2) is 9.59 Å². The predicted octanol–water partition coefficient (Wildman–Crippen LogP) is 2.04. The largest absolute Gasteiger partial charge is 0.453 e. The lowest BCUT2D eigenvalue weighted by Gasteiger charge is -2.40. The van der Waals surface area contributed by atoms with Crippen molar-refractivity contribution in [2.45, 2.75) is 24.4 Å². The van der Waals surface area contributed by atoms with Crippen molar-refractivity contribution in [3.05, 3.63) is 48.0 Å². The zero-order valence-electron chi connectivity index (χ0n) is 13.6. The van der Waals surface area contributed by atoms with Gasteiger partial charge in [0.05, 0.1) is 20.3 Å². The van der Waals surface area contributed by atoms with Gasteiger partial charge in [0.2, 0.25) is 0 Å². The van der Waals surface area contributed by atoms with Crippen molar-refractivity contribution < 1.29 is 23.9 Å². The summed E-state index contributed by atoms with van der Waals surface area (Å²) in [6, 6.07) is 7.93. The van der Waals surface area contributed by atoms with Gasteiger partial charge in [0.25, 0.3) is 0 Å². The zero-order valence-corrected chi connectivity index (χ0v) is 13.6. The molecule has 7 heteroatoms. The molecule has 0 bridgehead atoms. The van der Waals surface area contributed by atoms with Gasteiger partial charge in [0.1, 0.15) is 5.54 Å². The van der Waals surface area contributed by atoms with Gasteiger partial charge in [-0.3, -0.25) is 4.79 Å². The molecule has 1 aromatic carbocycles. The molecule has 0 saturated carbocycles. The van der Waals surface area contributed by atoms with Crippen LogP contribution in [-0.2, 0) is 9.47 Å². The smallest absolute Gasteiger partial charge is 0.407 e. The number of ether oxygens (including phenoxy) is 2. The highest BCUT2D eigenvalue weighted by Gasteiger charge is 2.48. The summed E-state index contributed by atoms with van der Waals surface area (Å²) in [5.41, 5.74) is -0.918. The molecule has 2 rings (SSSR count). The SMILES string of the molecule is COC(=O)NC1CC=CCC1(NC(=O)OC)C(=O)c1ccccc1. The molecule has 7 nitrogen and oxygen atoms in total. The molecule has 1 aliphatic rings. The first-order valence-electron chi connectivity index (χ1n) is 7.49. The Morgan fingerprint density at radius 1 is 1.04 bits per heavy atom. The molecule has 2 unspecified atom stereocenters. The van der Waals surface area contributed by atoms with E-state index in [9.17, 15) is 14.4 Å². The summed E-state index contributed by atoms with van der Waals surface area (Å²) in [6.07, 6.45) is 2.82. The Kier molecular flexibility index (Phi) is 5.57. The van der Waals surface area contributed by atoms with E-state index in [1.54, 1.807) is 36.4 Å². The number of rotatable bonds is 4. The summed E-state index contributed by atoms with van der Waals surface area (Å²) in [4.78, 5) is 36.7. The normalized spacial score (nSPS) is 22.3. The van der Waals surface area contributed by atoms with Crippen LogP contribution in [0.1, 0.15) is 23.2 Å². The fourth-order valence-corrected chi connectivity index (χ4v) is 2.75. The van der Waals surface area contributed by atoms with E-state index < -0.39 is 23.8 Å². The van der Waals surface area contributed by atoms with Gasteiger partial charge in [-0.15, -0.1) is 0 Å². The van der Waals surface area contributed by atoms with Gasteiger partial charge >= 0.3 is 12.2 Å². The summed E-state index contributed by atoms with van der Waals surface area (Å²) in [5, 5.41) is 5.26. The number of ketones is 1. The lowest BCUT2D eigenvalue weighted by atomic mass is 9.75. The van der Waals surface area contributed by atoms with Gasteiger partial charge < -0.3 is 20.1 Å². The Labute approximate surface area is 140 Å². The molecule has 0 fully saturated rings. The van der Waals surface area contributed by atoms with Crippen LogP contribution in [0.15, 0.2) is 42.5 Å². The van der Waals surface area contributed by atoms with Crippen molar-refractivity contribution in [2.75, 3.05) is 14.2 Å². The van der Waals surface area contributed by atoms with Gasteiger partial charge in [-0.05, 0) is 12.8 Å². The number of methoxy groups -OCH3 is 2. The van der Waals surface area contributed by atoms with E-state index >= 15 is 0 Å². The average molecular weight is 332 g/mol. The summed E-state index contributed by atoms with van der Waals surface area (Å²) in [5.74, 6) is -0.306. The Morgan fingerprint density at radius 3 is 2.33 bits per heavy atom. The Balaban J connectivity index is 2.44. The Hall–Kier alpha value is -2.83. The number of carbonyl (C=O) groups is 3. The molecule has 2 N–H and O–H groups in total. The van der Waals surface area contributed by atoms with Crippen LogP contribution in [0.25, 0.3) is 0 Å². The number of alkyl carbamates (subject to hydrolysis) is 2. The molecule has 0 saturated heterocycles. The molecule has 1 aliphatic carbocycles. The van der Waals surface area contributed by atoms with E-state index in [0.717, 1.165) is 0 Å². The molecule has 0 radical (unpaired) electrons. The first-order valence-corrected chi connectivity index (χ1v) is 7.49. The quantitative estimate of drug-likeness (QED) is 0.650. The van der Waals surface area contributed by atoms with Crippen LogP contribution in [0.2, 0.25) is 0 Å². The Bertz CT molecular complexity index is 644. The predicted molar refractivity (Wildman–Crippen MR) is 86.7 cm³/mol. The van der Waals surface area contributed by atoms with Crippen LogP contribution in [0.4, 0.5) is 9.59 Å². The fraction of sp³-hybridized carbons (Fsp3) is 0.353. The van der Waals surface area contributed by atoms with Gasteiger partial charge in [-0.1, -0.05) is 42.5 Å². The van der Waals surface area contributed by atoms with E-state index in [2.05, 4.69) is 20.1 Å². The minimum absolute atomic E-state index is 0.227. The van der Waals surface area contributed by atoms with E-state index in [1.165, 1.54) is 14.2 Å². The first kappa shape index (κ1) is 17.5. The maximum absolute atomic E-state index is 13.2. The van der Waals surface area contributed by atoms with E-state index in [4.69, 9.17) is 0 Å². The molecule has 2 atom stereocenters. The van der Waals surface area contributed by atoms with Crippen LogP contribution >= 0.6 is 0 Å². The van der Waals surface area contributed by atoms with Crippen LogP contribution < -0.4 is 10.6 Å². The maximum atomic E-state index is 13.2. The minimum atomic E-state index is -1.35. The number of hydrogen-bond acceptors (Lipinski definition) is 5. The summed E-state index contributed by atoms with van der Waals surface area (Å²) < 4.78 is 9.31. The molecular weight excluding hydrogens is 312 g/mol. The minimum Gasteiger partial charge on any atom is -0.453 e. The third kappa shape index (κ3) is 3.56. The van der Waals surface area contributed by atoms with E-state index in [0.29, 0.717) is 12.0 Å². The molecule has 1 aromatic rings. The fourth-order valence-electron chi connectivity index (χ4n) is 2.75. The zero-order chi connectivity index (χ0) is 17.6. The monoisotopic (exact) mass is 332 g/mol. The highest BCUT2D eigenvalue weighted by atomic mass is 16.5. The number of hydrogen-bond donors (Lipinski definition) is 2. The number of carbonyl (C=O) groups excluding carboxylic acids is 3. The number of Topliss-reactive ketones (excluding diaryl/α,β-unsaturated/α-hetero) is 1. The highest BCUT2D eigenvalue weighted by Crippen LogP contribution is 2.29. The third-order valence-electron chi connectivity index (χ3n) is 4.00. The van der Waals surface area contributed by atoms with E-state index in [-0.39, 0.29) is 12.2 Å².